The van der Waals surface area contributed by atoms with Crippen molar-refractivity contribution in [1.29, 1.82) is 0 Å². The van der Waals surface area contributed by atoms with Gasteiger partial charge in [-0.1, -0.05) is 54.6 Å². The number of furan rings is 1. The zero-order chi connectivity index (χ0) is 19.9. The Hall–Kier alpha value is -3.67. The van der Waals surface area contributed by atoms with Crippen molar-refractivity contribution < 1.29 is 9.21 Å². The molecule has 0 aliphatic rings. The first-order chi connectivity index (χ1) is 14.3. The smallest absolute Gasteiger partial charge is 0.220 e. The zero-order valence-corrected chi connectivity index (χ0v) is 16.0. The number of carbonyl (C=O) groups excluding carboxylic acids is 1. The lowest BCUT2D eigenvalue weighted by Crippen LogP contribution is -2.22. The summed E-state index contributed by atoms with van der Waals surface area (Å²) in [5.74, 6) is 1.65. The number of carbonyl (C=O) groups is 1. The quantitative estimate of drug-likeness (QED) is 0.499. The van der Waals surface area contributed by atoms with Gasteiger partial charge in [-0.05, 0) is 23.3 Å². The van der Waals surface area contributed by atoms with E-state index in [1.54, 1.807) is 11.0 Å². The molecule has 0 unspecified atom stereocenters. The molecule has 0 fully saturated rings. The third kappa shape index (κ3) is 5.19. The Morgan fingerprint density at radius 1 is 0.966 bits per heavy atom. The Kier molecular flexibility index (Phi) is 5.81. The molecule has 146 valence electrons. The van der Waals surface area contributed by atoms with Crippen LogP contribution in [0.5, 0.6) is 0 Å². The molecule has 6 nitrogen and oxygen atoms in total. The van der Waals surface area contributed by atoms with E-state index in [1.165, 1.54) is 6.33 Å². The van der Waals surface area contributed by atoms with E-state index in [9.17, 15) is 4.79 Å². The number of aryl methyl sites for hydroxylation is 1. The number of nitrogens with one attached hydrogen (secondary N) is 1. The topological polar surface area (TPSA) is 73.0 Å². The molecule has 1 N–H and O–H groups in total. The SMILES string of the molecule is O=C(CCc1ccc(-c2ccccc2)o1)NCc1ccc(Cn2cncn2)cc1. The molecule has 4 rings (SSSR count). The summed E-state index contributed by atoms with van der Waals surface area (Å²) in [5.41, 5.74) is 3.23. The Morgan fingerprint density at radius 3 is 2.52 bits per heavy atom. The van der Waals surface area contributed by atoms with Crippen molar-refractivity contribution in [3.8, 4) is 11.3 Å². The molecule has 6 heteroatoms. The van der Waals surface area contributed by atoms with Crippen molar-refractivity contribution in [2.24, 2.45) is 0 Å². The van der Waals surface area contributed by atoms with Gasteiger partial charge in [-0.2, -0.15) is 5.10 Å². The summed E-state index contributed by atoms with van der Waals surface area (Å²) in [6.45, 7) is 1.19. The second kappa shape index (κ2) is 9.01. The van der Waals surface area contributed by atoms with Gasteiger partial charge >= 0.3 is 0 Å². The molecule has 2 aromatic carbocycles. The summed E-state index contributed by atoms with van der Waals surface area (Å²) >= 11 is 0. The summed E-state index contributed by atoms with van der Waals surface area (Å²) in [7, 11) is 0. The molecule has 4 aromatic rings. The van der Waals surface area contributed by atoms with Gasteiger partial charge in [0.15, 0.2) is 0 Å². The first kappa shape index (κ1) is 18.7. The van der Waals surface area contributed by atoms with Crippen molar-refractivity contribution in [3.63, 3.8) is 0 Å². The van der Waals surface area contributed by atoms with E-state index >= 15 is 0 Å². The molecule has 0 bridgehead atoms. The van der Waals surface area contributed by atoms with Gasteiger partial charge in [-0.25, -0.2) is 9.67 Å². The largest absolute Gasteiger partial charge is 0.461 e. The summed E-state index contributed by atoms with van der Waals surface area (Å²) in [5, 5.41) is 7.06. The highest BCUT2D eigenvalue weighted by molar-refractivity contribution is 5.76. The fourth-order valence-electron chi connectivity index (χ4n) is 3.06. The Balaban J connectivity index is 1.22. The third-order valence-corrected chi connectivity index (χ3v) is 4.64. The fourth-order valence-corrected chi connectivity index (χ4v) is 3.06. The fraction of sp³-hybridized carbons (Fsp3) is 0.174. The van der Waals surface area contributed by atoms with Crippen LogP contribution in [0.3, 0.4) is 0 Å². The molecule has 0 saturated heterocycles. The molecule has 0 saturated carbocycles. The predicted octanol–water partition coefficient (Wildman–Crippen LogP) is 3.84. The monoisotopic (exact) mass is 386 g/mol. The van der Waals surface area contributed by atoms with Crippen molar-refractivity contribution in [2.45, 2.75) is 25.9 Å². The molecule has 0 spiro atoms. The molecular formula is C23H22N4O2. The third-order valence-electron chi connectivity index (χ3n) is 4.64. The van der Waals surface area contributed by atoms with Crippen LogP contribution in [-0.4, -0.2) is 20.7 Å². The standard InChI is InChI=1S/C23H22N4O2/c28-23(13-11-21-10-12-22(29-21)20-4-2-1-3-5-20)25-14-18-6-8-19(9-7-18)15-27-17-24-16-26-27/h1-10,12,16-17H,11,13-15H2,(H,25,28). The highest BCUT2D eigenvalue weighted by Gasteiger charge is 2.07. The van der Waals surface area contributed by atoms with Crippen LogP contribution < -0.4 is 5.32 Å². The second-order valence-corrected chi connectivity index (χ2v) is 6.82. The average molecular weight is 386 g/mol. The molecule has 0 radical (unpaired) electrons. The van der Waals surface area contributed by atoms with Gasteiger partial charge in [0, 0.05) is 24.9 Å². The van der Waals surface area contributed by atoms with Crippen LogP contribution in [0.15, 0.2) is 83.8 Å². The Morgan fingerprint density at radius 2 is 1.76 bits per heavy atom. The highest BCUT2D eigenvalue weighted by Crippen LogP contribution is 2.22. The first-order valence-corrected chi connectivity index (χ1v) is 9.57. The number of aromatic nitrogens is 3. The van der Waals surface area contributed by atoms with Crippen molar-refractivity contribution >= 4 is 5.91 Å². The molecule has 2 aromatic heterocycles. The minimum Gasteiger partial charge on any atom is -0.461 e. The van der Waals surface area contributed by atoms with Crippen LogP contribution in [0, 0.1) is 0 Å². The van der Waals surface area contributed by atoms with Gasteiger partial charge in [-0.3, -0.25) is 4.79 Å². The molecule has 0 aliphatic heterocycles. The average Bonchev–Trinajstić information content (AvgIpc) is 3.45. The lowest BCUT2D eigenvalue weighted by molar-refractivity contribution is -0.121. The minimum absolute atomic E-state index is 0.00866. The van der Waals surface area contributed by atoms with E-state index in [0.717, 1.165) is 28.2 Å². The number of rotatable bonds is 8. The van der Waals surface area contributed by atoms with E-state index in [4.69, 9.17) is 4.42 Å². The van der Waals surface area contributed by atoms with E-state index < -0.39 is 0 Å². The van der Waals surface area contributed by atoms with Gasteiger partial charge < -0.3 is 9.73 Å². The van der Waals surface area contributed by atoms with E-state index in [1.807, 2.05) is 66.7 Å². The van der Waals surface area contributed by atoms with Crippen LogP contribution in [0.2, 0.25) is 0 Å². The number of hydrogen-bond donors (Lipinski definition) is 1. The van der Waals surface area contributed by atoms with Crippen molar-refractivity contribution in [3.05, 3.63) is 96.3 Å². The molecular weight excluding hydrogens is 364 g/mol. The Labute approximate surface area is 169 Å². The summed E-state index contributed by atoms with van der Waals surface area (Å²) in [6, 6.07) is 21.9. The number of amides is 1. The maximum absolute atomic E-state index is 12.2. The second-order valence-electron chi connectivity index (χ2n) is 6.82. The molecule has 29 heavy (non-hydrogen) atoms. The lowest BCUT2D eigenvalue weighted by atomic mass is 10.1. The van der Waals surface area contributed by atoms with Crippen LogP contribution >= 0.6 is 0 Å². The van der Waals surface area contributed by atoms with E-state index in [0.29, 0.717) is 25.9 Å². The lowest BCUT2D eigenvalue weighted by Gasteiger charge is -2.06. The summed E-state index contributed by atoms with van der Waals surface area (Å²) < 4.78 is 7.62. The van der Waals surface area contributed by atoms with Crippen molar-refractivity contribution in [1.82, 2.24) is 20.1 Å². The molecule has 0 aliphatic carbocycles. The van der Waals surface area contributed by atoms with E-state index in [-0.39, 0.29) is 5.91 Å². The van der Waals surface area contributed by atoms with Crippen LogP contribution in [0.1, 0.15) is 23.3 Å². The number of hydrogen-bond acceptors (Lipinski definition) is 4. The zero-order valence-electron chi connectivity index (χ0n) is 16.0. The van der Waals surface area contributed by atoms with Gasteiger partial charge in [0.05, 0.1) is 6.54 Å². The maximum Gasteiger partial charge on any atom is 0.220 e. The summed E-state index contributed by atoms with van der Waals surface area (Å²) in [4.78, 5) is 16.1. The van der Waals surface area contributed by atoms with Crippen LogP contribution in [-0.2, 0) is 24.3 Å². The molecule has 2 heterocycles. The van der Waals surface area contributed by atoms with Gasteiger partial charge in [-0.15, -0.1) is 0 Å². The van der Waals surface area contributed by atoms with Crippen molar-refractivity contribution in [2.75, 3.05) is 0 Å². The molecule has 1 amide bonds. The minimum atomic E-state index is 0.00866. The molecule has 0 atom stereocenters. The maximum atomic E-state index is 12.2. The Bertz CT molecular complexity index is 1040. The van der Waals surface area contributed by atoms with Crippen LogP contribution in [0.4, 0.5) is 0 Å². The van der Waals surface area contributed by atoms with E-state index in [2.05, 4.69) is 15.4 Å². The number of nitrogens with zero attached hydrogens (tertiary/aromatic N) is 3. The van der Waals surface area contributed by atoms with Gasteiger partial charge in [0.1, 0.15) is 24.2 Å². The first-order valence-electron chi connectivity index (χ1n) is 9.57. The number of benzene rings is 2. The van der Waals surface area contributed by atoms with Crippen LogP contribution in [0.25, 0.3) is 11.3 Å². The summed E-state index contributed by atoms with van der Waals surface area (Å²) in [6.07, 6.45) is 4.19. The van der Waals surface area contributed by atoms with Gasteiger partial charge in [0.25, 0.3) is 0 Å². The normalized spacial score (nSPS) is 10.8. The highest BCUT2D eigenvalue weighted by atomic mass is 16.3. The predicted molar refractivity (Wildman–Crippen MR) is 110 cm³/mol. The van der Waals surface area contributed by atoms with Gasteiger partial charge in [0.2, 0.25) is 5.91 Å².